The van der Waals surface area contributed by atoms with Crippen molar-refractivity contribution in [2.45, 2.75) is 12.8 Å². The quantitative estimate of drug-likeness (QED) is 0.349. The van der Waals surface area contributed by atoms with E-state index in [2.05, 4.69) is 32.9 Å². The number of amides is 1. The van der Waals surface area contributed by atoms with Crippen molar-refractivity contribution >= 4 is 55.6 Å². The second-order valence-electron chi connectivity index (χ2n) is 9.27. The van der Waals surface area contributed by atoms with Crippen LogP contribution in [-0.4, -0.2) is 55.8 Å². The first-order chi connectivity index (χ1) is 18.7. The summed E-state index contributed by atoms with van der Waals surface area (Å²) in [6.45, 7) is 0.757. The Morgan fingerprint density at radius 2 is 1.85 bits per heavy atom. The molecule has 0 atom stereocenters. The molecule has 0 unspecified atom stereocenters. The maximum atomic E-state index is 11.8. The number of hydrogen-bond acceptors (Lipinski definition) is 7. The fourth-order valence-electron chi connectivity index (χ4n) is 4.53. The molecule has 2 heterocycles. The van der Waals surface area contributed by atoms with Gasteiger partial charge in [0.25, 0.3) is 0 Å². The van der Waals surface area contributed by atoms with E-state index in [4.69, 9.17) is 4.99 Å². The Morgan fingerprint density at radius 1 is 1.10 bits per heavy atom. The summed E-state index contributed by atoms with van der Waals surface area (Å²) in [7, 11) is -1.71. The minimum Gasteiger partial charge on any atom is -0.326 e. The SMILES string of the molecule is CN1N=C(c2ccc3c(c2)CCCN3C(=Nc2ccc(NS(C)(=O)=O)cc2)c2ccc(C#N)cc2)CSC1=O. The smallest absolute Gasteiger partial charge is 0.301 e. The molecule has 0 spiro atoms. The standard InChI is InChI=1S/C28H26N6O3S2/c1-33-28(35)38-18-25(31-33)21-9-14-26-22(16-21)4-3-15-34(26)27(20-7-5-19(17-29)6-8-20)30-23-10-12-24(13-11-23)32-39(2,36)37/h5-14,16,32H,3-4,15,18H2,1-2H3. The van der Waals surface area contributed by atoms with E-state index in [0.29, 0.717) is 22.7 Å². The van der Waals surface area contributed by atoms with Crippen molar-refractivity contribution in [2.24, 2.45) is 10.1 Å². The van der Waals surface area contributed by atoms with Crippen LogP contribution in [0.25, 0.3) is 0 Å². The summed E-state index contributed by atoms with van der Waals surface area (Å²) in [5.74, 6) is 1.27. The number of hydrazone groups is 1. The van der Waals surface area contributed by atoms with Gasteiger partial charge in [0, 0.05) is 36.3 Å². The second kappa shape index (κ2) is 10.9. The highest BCUT2D eigenvalue weighted by Crippen LogP contribution is 2.32. The van der Waals surface area contributed by atoms with Crippen LogP contribution in [0.1, 0.15) is 28.7 Å². The fraction of sp³-hybridized carbons (Fsp3) is 0.214. The largest absolute Gasteiger partial charge is 0.326 e. The lowest BCUT2D eigenvalue weighted by molar-refractivity contribution is 0.235. The van der Waals surface area contributed by atoms with E-state index in [1.807, 2.05) is 18.2 Å². The Bertz CT molecular complexity index is 1630. The minimum absolute atomic E-state index is 0.0636. The molecule has 0 radical (unpaired) electrons. The molecule has 9 nitrogen and oxygen atoms in total. The van der Waals surface area contributed by atoms with Crippen molar-refractivity contribution in [3.05, 3.63) is 89.0 Å². The average molecular weight is 559 g/mol. The third-order valence-corrected chi connectivity index (χ3v) is 7.87. The molecule has 39 heavy (non-hydrogen) atoms. The highest BCUT2D eigenvalue weighted by molar-refractivity contribution is 8.14. The number of hydrogen-bond donors (Lipinski definition) is 1. The number of aryl methyl sites for hydroxylation is 1. The monoisotopic (exact) mass is 558 g/mol. The van der Waals surface area contributed by atoms with Crippen LogP contribution in [0.3, 0.4) is 0 Å². The molecule has 1 N–H and O–H groups in total. The summed E-state index contributed by atoms with van der Waals surface area (Å²) in [5, 5.41) is 15.1. The zero-order valence-corrected chi connectivity index (χ0v) is 23.1. The molecule has 3 aromatic rings. The number of fused-ring (bicyclic) bond motifs is 1. The molecular weight excluding hydrogens is 532 g/mol. The number of aliphatic imine (C=N–C) groups is 1. The third kappa shape index (κ3) is 6.13. The first kappa shape index (κ1) is 26.5. The first-order valence-corrected chi connectivity index (χ1v) is 15.1. The van der Waals surface area contributed by atoms with Gasteiger partial charge in [-0.2, -0.15) is 10.4 Å². The van der Waals surface area contributed by atoms with Crippen molar-refractivity contribution in [3.8, 4) is 6.07 Å². The number of benzene rings is 3. The molecule has 3 aromatic carbocycles. The normalized spacial score (nSPS) is 15.9. The Morgan fingerprint density at radius 3 is 2.51 bits per heavy atom. The van der Waals surface area contributed by atoms with Crippen LogP contribution in [0.4, 0.5) is 21.9 Å². The molecule has 11 heteroatoms. The van der Waals surface area contributed by atoms with Crippen LogP contribution in [0.5, 0.6) is 0 Å². The maximum absolute atomic E-state index is 11.8. The van der Waals surface area contributed by atoms with Crippen molar-refractivity contribution < 1.29 is 13.2 Å². The summed E-state index contributed by atoms with van der Waals surface area (Å²) in [5.41, 5.74) is 6.61. The molecule has 2 aliphatic rings. The van der Waals surface area contributed by atoms with Gasteiger partial charge in [0.05, 0.1) is 29.3 Å². The summed E-state index contributed by atoms with van der Waals surface area (Å²) >= 11 is 1.24. The Kier molecular flexibility index (Phi) is 7.41. The number of sulfonamides is 1. The van der Waals surface area contributed by atoms with E-state index in [1.54, 1.807) is 43.4 Å². The molecule has 0 fully saturated rings. The fourth-order valence-corrected chi connectivity index (χ4v) is 5.80. The summed E-state index contributed by atoms with van der Waals surface area (Å²) < 4.78 is 25.6. The van der Waals surface area contributed by atoms with Gasteiger partial charge in [0.2, 0.25) is 10.0 Å². The number of nitrogens with zero attached hydrogens (tertiary/aromatic N) is 5. The van der Waals surface area contributed by atoms with E-state index in [1.165, 1.54) is 22.3 Å². The van der Waals surface area contributed by atoms with E-state index in [9.17, 15) is 18.5 Å². The summed E-state index contributed by atoms with van der Waals surface area (Å²) in [6, 6.07) is 22.6. The number of nitrogens with one attached hydrogen (secondary N) is 1. The van der Waals surface area contributed by atoms with Crippen molar-refractivity contribution in [2.75, 3.05) is 35.2 Å². The van der Waals surface area contributed by atoms with Gasteiger partial charge >= 0.3 is 5.24 Å². The van der Waals surface area contributed by atoms with E-state index in [0.717, 1.165) is 54.0 Å². The molecule has 2 aliphatic heterocycles. The van der Waals surface area contributed by atoms with Crippen LogP contribution in [-0.2, 0) is 16.4 Å². The maximum Gasteiger partial charge on any atom is 0.301 e. The van der Waals surface area contributed by atoms with Gasteiger partial charge in [0.1, 0.15) is 5.84 Å². The van der Waals surface area contributed by atoms with Crippen LogP contribution in [0.15, 0.2) is 76.8 Å². The third-order valence-electron chi connectivity index (χ3n) is 6.33. The number of rotatable bonds is 5. The lowest BCUT2D eigenvalue weighted by atomic mass is 9.96. The number of thioether (sulfide) groups is 1. The highest BCUT2D eigenvalue weighted by atomic mass is 32.2. The van der Waals surface area contributed by atoms with Gasteiger partial charge in [-0.15, -0.1) is 0 Å². The van der Waals surface area contributed by atoms with Crippen LogP contribution in [0.2, 0.25) is 0 Å². The number of carbonyl (C=O) groups excluding carboxylic acids is 1. The molecule has 0 saturated heterocycles. The molecule has 0 aliphatic carbocycles. The first-order valence-electron chi connectivity index (χ1n) is 12.3. The van der Waals surface area contributed by atoms with Gasteiger partial charge in [-0.3, -0.25) is 9.52 Å². The molecule has 0 saturated carbocycles. The Balaban J connectivity index is 1.54. The Labute approximate surface area is 231 Å². The van der Waals surface area contributed by atoms with Crippen LogP contribution < -0.4 is 9.62 Å². The van der Waals surface area contributed by atoms with Crippen LogP contribution >= 0.6 is 11.8 Å². The Hall–Kier alpha value is -4.14. The molecule has 1 amide bonds. The minimum atomic E-state index is -3.38. The van der Waals surface area contributed by atoms with E-state index in [-0.39, 0.29) is 5.24 Å². The van der Waals surface area contributed by atoms with Crippen molar-refractivity contribution in [3.63, 3.8) is 0 Å². The lowest BCUT2D eigenvalue weighted by Crippen LogP contribution is -2.36. The lowest BCUT2D eigenvalue weighted by Gasteiger charge is -2.33. The molecule has 198 valence electrons. The molecular formula is C28H26N6O3S2. The highest BCUT2D eigenvalue weighted by Gasteiger charge is 2.25. The van der Waals surface area contributed by atoms with Gasteiger partial charge < -0.3 is 4.90 Å². The van der Waals surface area contributed by atoms with Gasteiger partial charge in [0.15, 0.2) is 0 Å². The topological polar surface area (TPSA) is 118 Å². The summed E-state index contributed by atoms with van der Waals surface area (Å²) in [6.07, 6.45) is 2.93. The van der Waals surface area contributed by atoms with Crippen molar-refractivity contribution in [1.29, 1.82) is 5.26 Å². The number of amidine groups is 1. The van der Waals surface area contributed by atoms with Crippen molar-refractivity contribution in [1.82, 2.24) is 5.01 Å². The van der Waals surface area contributed by atoms with Gasteiger partial charge in [-0.25, -0.2) is 18.4 Å². The predicted octanol–water partition coefficient (Wildman–Crippen LogP) is 4.96. The number of carbonyl (C=O) groups is 1. The average Bonchev–Trinajstić information content (AvgIpc) is 2.93. The van der Waals surface area contributed by atoms with Gasteiger partial charge in [-0.1, -0.05) is 17.8 Å². The zero-order valence-electron chi connectivity index (χ0n) is 21.5. The predicted molar refractivity (Wildman–Crippen MR) is 157 cm³/mol. The molecule has 0 bridgehead atoms. The van der Waals surface area contributed by atoms with Gasteiger partial charge in [-0.05, 0) is 84.6 Å². The van der Waals surface area contributed by atoms with E-state index < -0.39 is 10.0 Å². The summed E-state index contributed by atoms with van der Waals surface area (Å²) in [4.78, 5) is 19.0. The number of anilines is 2. The second-order valence-corrected chi connectivity index (χ2v) is 11.9. The van der Waals surface area contributed by atoms with Crippen LogP contribution in [0, 0.1) is 11.3 Å². The van der Waals surface area contributed by atoms with E-state index >= 15 is 0 Å². The zero-order chi connectivity index (χ0) is 27.6. The molecule has 0 aromatic heterocycles. The molecule has 5 rings (SSSR count). The number of nitriles is 1.